The molecule has 0 saturated heterocycles. The van der Waals surface area contributed by atoms with E-state index in [1.54, 1.807) is 0 Å². The highest BCUT2D eigenvalue weighted by Crippen LogP contribution is 2.21. The van der Waals surface area contributed by atoms with Crippen molar-refractivity contribution in [3.05, 3.63) is 24.3 Å². The van der Waals surface area contributed by atoms with E-state index in [-0.39, 0.29) is 30.5 Å². The zero-order chi connectivity index (χ0) is 14.3. The summed E-state index contributed by atoms with van der Waals surface area (Å²) in [6, 6.07) is 0. The normalized spacial score (nSPS) is 15.8. The van der Waals surface area contributed by atoms with Crippen LogP contribution in [0.25, 0.3) is 0 Å². The summed E-state index contributed by atoms with van der Waals surface area (Å²) < 4.78 is 10.3. The summed E-state index contributed by atoms with van der Waals surface area (Å²) in [6.45, 7) is 6.73. The molecule has 0 aromatic rings. The second kappa shape index (κ2) is 7.74. The lowest BCUT2D eigenvalue weighted by atomic mass is 9.98. The first-order valence-electron chi connectivity index (χ1n) is 6.38. The topological polar surface area (TPSA) is 72.8 Å². The third kappa shape index (κ3) is 5.70. The molecule has 1 aliphatic carbocycles. The van der Waals surface area contributed by atoms with Crippen molar-refractivity contribution >= 4 is 11.9 Å². The Morgan fingerprint density at radius 3 is 2.21 bits per heavy atom. The Morgan fingerprint density at radius 1 is 1.05 bits per heavy atom. The van der Waals surface area contributed by atoms with Gasteiger partial charge in [-0.25, -0.2) is 9.59 Å². The summed E-state index contributed by atoms with van der Waals surface area (Å²) in [5, 5.41) is 8.58. The van der Waals surface area contributed by atoms with Gasteiger partial charge in [0, 0.05) is 0 Å². The maximum absolute atomic E-state index is 11.7. The van der Waals surface area contributed by atoms with Gasteiger partial charge in [-0.15, -0.1) is 0 Å². The first-order chi connectivity index (χ1) is 9.00. The second-order valence-corrected chi connectivity index (χ2v) is 4.67. The largest absolute Gasteiger partial charge is 0.478 e. The molecule has 0 aromatic heterocycles. The minimum atomic E-state index is -1.12. The summed E-state index contributed by atoms with van der Waals surface area (Å²) in [6.07, 6.45) is 5.13. The van der Waals surface area contributed by atoms with Gasteiger partial charge in [-0.3, -0.25) is 0 Å². The molecule has 5 nitrogen and oxygen atoms in total. The van der Waals surface area contributed by atoms with Crippen molar-refractivity contribution in [1.29, 1.82) is 0 Å². The van der Waals surface area contributed by atoms with E-state index in [0.29, 0.717) is 0 Å². The highest BCUT2D eigenvalue weighted by Gasteiger charge is 2.19. The molecule has 0 heterocycles. The molecule has 0 unspecified atom stereocenters. The van der Waals surface area contributed by atoms with Gasteiger partial charge in [-0.2, -0.15) is 0 Å². The van der Waals surface area contributed by atoms with Gasteiger partial charge in [0.05, 0.1) is 24.4 Å². The van der Waals surface area contributed by atoms with Crippen LogP contribution in [0.5, 0.6) is 0 Å². The van der Waals surface area contributed by atoms with Crippen molar-refractivity contribution in [2.24, 2.45) is 0 Å². The molecule has 0 aromatic carbocycles. The number of aliphatic carboxylic acids is 1. The van der Waals surface area contributed by atoms with Gasteiger partial charge in [0.1, 0.15) is 6.10 Å². The number of carbonyl (C=O) groups excluding carboxylic acids is 1. The van der Waals surface area contributed by atoms with Gasteiger partial charge < -0.3 is 14.6 Å². The molecule has 106 valence electrons. The van der Waals surface area contributed by atoms with Gasteiger partial charge in [0.15, 0.2) is 0 Å². The minimum Gasteiger partial charge on any atom is -0.478 e. The number of carbonyl (C=O) groups is 2. The zero-order valence-corrected chi connectivity index (χ0v) is 11.0. The molecule has 5 heteroatoms. The minimum absolute atomic E-state index is 0.0213. The predicted octanol–water partition coefficient (Wildman–Crippen LogP) is 2.08. The Bertz CT molecular complexity index is 366. The molecular weight excluding hydrogens is 248 g/mol. The summed E-state index contributed by atoms with van der Waals surface area (Å²) in [5.74, 6) is -1.58. The Hall–Kier alpha value is -1.62. The van der Waals surface area contributed by atoms with Crippen LogP contribution in [0.4, 0.5) is 0 Å². The average molecular weight is 268 g/mol. The fourth-order valence-electron chi connectivity index (χ4n) is 1.84. The predicted molar refractivity (Wildman–Crippen MR) is 69.7 cm³/mol. The summed E-state index contributed by atoms with van der Waals surface area (Å²) in [4.78, 5) is 22.2. The number of rotatable bonds is 7. The van der Waals surface area contributed by atoms with Crippen LogP contribution in [0.15, 0.2) is 24.3 Å². The van der Waals surface area contributed by atoms with Crippen LogP contribution >= 0.6 is 0 Å². The summed E-state index contributed by atoms with van der Waals surface area (Å²) in [5.41, 5.74) is 0.136. The quantitative estimate of drug-likeness (QED) is 0.565. The average Bonchev–Trinajstić information content (AvgIpc) is 2.39. The van der Waals surface area contributed by atoms with E-state index in [2.05, 4.69) is 13.2 Å². The molecule has 0 amide bonds. The molecule has 19 heavy (non-hydrogen) atoms. The smallest absolute Gasteiger partial charge is 0.336 e. The maximum Gasteiger partial charge on any atom is 0.336 e. The maximum atomic E-state index is 11.7. The summed E-state index contributed by atoms with van der Waals surface area (Å²) >= 11 is 0. The molecule has 0 aliphatic heterocycles. The van der Waals surface area contributed by atoms with Crippen molar-refractivity contribution in [2.75, 3.05) is 13.2 Å². The van der Waals surface area contributed by atoms with E-state index >= 15 is 0 Å². The van der Waals surface area contributed by atoms with E-state index in [1.165, 1.54) is 6.42 Å². The van der Waals surface area contributed by atoms with E-state index in [0.717, 1.165) is 25.7 Å². The molecular formula is C14H20O5. The van der Waals surface area contributed by atoms with Crippen LogP contribution in [0, 0.1) is 0 Å². The van der Waals surface area contributed by atoms with E-state index in [1.807, 2.05) is 0 Å². The van der Waals surface area contributed by atoms with Crippen LogP contribution in [0.1, 0.15) is 32.1 Å². The van der Waals surface area contributed by atoms with E-state index in [4.69, 9.17) is 14.6 Å². The third-order valence-electron chi connectivity index (χ3n) is 2.97. The lowest BCUT2D eigenvalue weighted by Crippen LogP contribution is -2.23. The Balaban J connectivity index is 2.22. The van der Waals surface area contributed by atoms with Gasteiger partial charge in [-0.1, -0.05) is 19.6 Å². The zero-order valence-electron chi connectivity index (χ0n) is 11.0. The highest BCUT2D eigenvalue weighted by molar-refractivity contribution is 5.88. The number of carboxylic acids is 1. The molecule has 0 bridgehead atoms. The van der Waals surface area contributed by atoms with Crippen molar-refractivity contribution in [1.82, 2.24) is 0 Å². The number of esters is 1. The van der Waals surface area contributed by atoms with E-state index in [9.17, 15) is 9.59 Å². The molecule has 1 N–H and O–H groups in total. The van der Waals surface area contributed by atoms with Gasteiger partial charge in [-0.05, 0) is 25.7 Å². The highest BCUT2D eigenvalue weighted by atomic mass is 16.5. The van der Waals surface area contributed by atoms with Crippen LogP contribution in [-0.4, -0.2) is 36.4 Å². The van der Waals surface area contributed by atoms with Crippen molar-refractivity contribution in [3.8, 4) is 0 Å². The molecule has 0 spiro atoms. The van der Waals surface area contributed by atoms with Crippen molar-refractivity contribution < 1.29 is 24.2 Å². The summed E-state index contributed by atoms with van der Waals surface area (Å²) in [7, 11) is 0. The van der Waals surface area contributed by atoms with Crippen LogP contribution in [0.2, 0.25) is 0 Å². The fraction of sp³-hybridized carbons (Fsp3) is 0.571. The Morgan fingerprint density at radius 2 is 1.63 bits per heavy atom. The third-order valence-corrected chi connectivity index (χ3v) is 2.97. The molecule has 0 atom stereocenters. The van der Waals surface area contributed by atoms with Gasteiger partial charge in [0.25, 0.3) is 0 Å². The van der Waals surface area contributed by atoms with Gasteiger partial charge >= 0.3 is 11.9 Å². The standard InChI is InChI=1S/C14H20O5/c1-10(13(15)16)8-18-9-11(2)14(17)19-12-6-4-3-5-7-12/h12H,1-9H2,(H,15,16). The molecule has 0 radical (unpaired) electrons. The lowest BCUT2D eigenvalue weighted by molar-refractivity contribution is -0.146. The lowest BCUT2D eigenvalue weighted by Gasteiger charge is -2.22. The van der Waals surface area contributed by atoms with Crippen molar-refractivity contribution in [3.63, 3.8) is 0 Å². The SMILES string of the molecule is C=C(COCC(=C)C(=O)OC1CCCCC1)C(=O)O. The first-order valence-corrected chi connectivity index (χ1v) is 6.38. The fourth-order valence-corrected chi connectivity index (χ4v) is 1.84. The molecule has 1 fully saturated rings. The van der Waals surface area contributed by atoms with Crippen LogP contribution in [0.3, 0.4) is 0 Å². The number of hydrogen-bond acceptors (Lipinski definition) is 4. The molecule has 1 saturated carbocycles. The molecule has 1 rings (SSSR count). The van der Waals surface area contributed by atoms with Gasteiger partial charge in [0.2, 0.25) is 0 Å². The Kier molecular flexibility index (Phi) is 6.29. The van der Waals surface area contributed by atoms with Crippen molar-refractivity contribution in [2.45, 2.75) is 38.2 Å². The monoisotopic (exact) mass is 268 g/mol. The van der Waals surface area contributed by atoms with Crippen LogP contribution < -0.4 is 0 Å². The number of hydrogen-bond donors (Lipinski definition) is 1. The van der Waals surface area contributed by atoms with E-state index < -0.39 is 11.9 Å². The number of ether oxygens (including phenoxy) is 2. The first kappa shape index (κ1) is 15.4. The Labute approximate surface area is 112 Å². The molecule has 1 aliphatic rings. The number of carboxylic acid groups (broad SMARTS) is 1. The van der Waals surface area contributed by atoms with Crippen LogP contribution in [-0.2, 0) is 19.1 Å². The second-order valence-electron chi connectivity index (χ2n) is 4.67.